The zero-order valence-corrected chi connectivity index (χ0v) is 12.4. The maximum atomic E-state index is 11.5. The molecule has 1 aromatic carbocycles. The number of carboxylic acids is 1. The lowest BCUT2D eigenvalue weighted by molar-refractivity contribution is -0.135. The summed E-state index contributed by atoms with van der Waals surface area (Å²) in [6.07, 6.45) is -0.676. The van der Waals surface area contributed by atoms with E-state index < -0.39 is 17.7 Å². The van der Waals surface area contributed by atoms with Gasteiger partial charge in [0.25, 0.3) is 0 Å². The maximum absolute atomic E-state index is 11.5. The Bertz CT molecular complexity index is 576. The molecule has 0 aromatic heterocycles. The number of aliphatic carboxylic acids is 1. The van der Waals surface area contributed by atoms with E-state index >= 15 is 0 Å². The molecule has 21 heavy (non-hydrogen) atoms. The topological polar surface area (TPSA) is 75.6 Å². The maximum Gasteiger partial charge on any atom is 0.407 e. The average Bonchev–Trinajstić information content (AvgIpc) is 2.34. The molecular weight excluding hydrogens is 270 g/mol. The summed E-state index contributed by atoms with van der Waals surface area (Å²) in [5, 5.41) is 11.2. The van der Waals surface area contributed by atoms with Gasteiger partial charge in [0.15, 0.2) is 0 Å². The van der Waals surface area contributed by atoms with Crippen LogP contribution in [0.5, 0.6) is 0 Å². The number of ether oxygens (including phenoxy) is 1. The van der Waals surface area contributed by atoms with Crippen molar-refractivity contribution in [2.24, 2.45) is 0 Å². The summed E-state index contributed by atoms with van der Waals surface area (Å²) >= 11 is 0. The van der Waals surface area contributed by atoms with E-state index in [9.17, 15) is 9.59 Å². The second kappa shape index (κ2) is 7.34. The van der Waals surface area contributed by atoms with E-state index in [1.54, 1.807) is 39.0 Å². The van der Waals surface area contributed by atoms with Crippen LogP contribution in [0.4, 0.5) is 4.79 Å². The van der Waals surface area contributed by atoms with Crippen molar-refractivity contribution < 1.29 is 19.4 Å². The lowest BCUT2D eigenvalue weighted by Crippen LogP contribution is -2.32. The minimum Gasteiger partial charge on any atom is -0.481 e. The molecule has 1 rings (SSSR count). The number of carbonyl (C=O) groups excluding carboxylic acids is 1. The van der Waals surface area contributed by atoms with Gasteiger partial charge in [0.1, 0.15) is 12.0 Å². The van der Waals surface area contributed by atoms with Crippen LogP contribution in [0.3, 0.4) is 0 Å². The molecule has 2 N–H and O–H groups in total. The molecule has 0 radical (unpaired) electrons. The fourth-order valence-electron chi connectivity index (χ4n) is 1.47. The first kappa shape index (κ1) is 16.6. The smallest absolute Gasteiger partial charge is 0.407 e. The Morgan fingerprint density at radius 3 is 2.67 bits per heavy atom. The molecule has 0 aliphatic carbocycles. The molecule has 0 aliphatic heterocycles. The normalized spacial score (nSPS) is 10.2. The number of benzene rings is 1. The van der Waals surface area contributed by atoms with Gasteiger partial charge in [0, 0.05) is 12.1 Å². The monoisotopic (exact) mass is 289 g/mol. The highest BCUT2D eigenvalue weighted by molar-refractivity contribution is 5.70. The molecule has 0 saturated carbocycles. The molecule has 1 aromatic rings. The van der Waals surface area contributed by atoms with E-state index in [0.717, 1.165) is 5.56 Å². The third-order valence-corrected chi connectivity index (χ3v) is 2.24. The molecule has 112 valence electrons. The lowest BCUT2D eigenvalue weighted by Gasteiger charge is -2.19. The Morgan fingerprint density at radius 2 is 2.05 bits per heavy atom. The van der Waals surface area contributed by atoms with Crippen LogP contribution in [0, 0.1) is 11.8 Å². The van der Waals surface area contributed by atoms with Crippen molar-refractivity contribution in [3.8, 4) is 11.8 Å². The van der Waals surface area contributed by atoms with Gasteiger partial charge in [-0.05, 0) is 38.5 Å². The van der Waals surface area contributed by atoms with E-state index in [0.29, 0.717) is 12.1 Å². The van der Waals surface area contributed by atoms with Crippen LogP contribution in [-0.2, 0) is 16.1 Å². The number of hydrogen-bond acceptors (Lipinski definition) is 3. The van der Waals surface area contributed by atoms with Crippen molar-refractivity contribution in [1.82, 2.24) is 5.32 Å². The van der Waals surface area contributed by atoms with Crippen molar-refractivity contribution in [1.29, 1.82) is 0 Å². The van der Waals surface area contributed by atoms with Crippen LogP contribution in [0.2, 0.25) is 0 Å². The van der Waals surface area contributed by atoms with Crippen LogP contribution < -0.4 is 5.32 Å². The molecule has 0 heterocycles. The van der Waals surface area contributed by atoms with E-state index in [2.05, 4.69) is 17.2 Å². The molecule has 0 unspecified atom stereocenters. The minimum atomic E-state index is -0.953. The molecule has 1 amide bonds. The largest absolute Gasteiger partial charge is 0.481 e. The molecule has 5 nitrogen and oxygen atoms in total. The van der Waals surface area contributed by atoms with E-state index in [4.69, 9.17) is 9.84 Å². The molecule has 0 fully saturated rings. The number of rotatable bonds is 3. The molecule has 0 aliphatic rings. The van der Waals surface area contributed by atoms with Gasteiger partial charge in [-0.15, -0.1) is 0 Å². The summed E-state index contributed by atoms with van der Waals surface area (Å²) in [6, 6.07) is 7.23. The molecular formula is C16H19NO4. The van der Waals surface area contributed by atoms with Gasteiger partial charge in [-0.1, -0.05) is 24.0 Å². The number of amides is 1. The summed E-state index contributed by atoms with van der Waals surface area (Å²) in [4.78, 5) is 21.9. The summed E-state index contributed by atoms with van der Waals surface area (Å²) in [7, 11) is 0. The SMILES string of the molecule is CC(C)(C)OC(=O)NCc1cccc(C#CCC(=O)O)c1. The van der Waals surface area contributed by atoms with Crippen molar-refractivity contribution in [3.05, 3.63) is 35.4 Å². The molecule has 0 bridgehead atoms. The Kier molecular flexibility index (Phi) is 5.79. The minimum absolute atomic E-state index is 0.194. The van der Waals surface area contributed by atoms with Crippen LogP contribution in [0.1, 0.15) is 38.3 Å². The van der Waals surface area contributed by atoms with Crippen LogP contribution >= 0.6 is 0 Å². The second-order valence-corrected chi connectivity index (χ2v) is 5.43. The van der Waals surface area contributed by atoms with Crippen LogP contribution in [0.25, 0.3) is 0 Å². The van der Waals surface area contributed by atoms with Gasteiger partial charge in [-0.3, -0.25) is 4.79 Å². The van der Waals surface area contributed by atoms with Crippen molar-refractivity contribution >= 4 is 12.1 Å². The molecule has 5 heteroatoms. The average molecular weight is 289 g/mol. The highest BCUT2D eigenvalue weighted by Gasteiger charge is 2.15. The summed E-state index contributed by atoms with van der Waals surface area (Å²) < 4.78 is 5.14. The van der Waals surface area contributed by atoms with Crippen LogP contribution in [0.15, 0.2) is 24.3 Å². The first-order valence-corrected chi connectivity index (χ1v) is 6.53. The second-order valence-electron chi connectivity index (χ2n) is 5.43. The Labute approximate surface area is 124 Å². The fourth-order valence-corrected chi connectivity index (χ4v) is 1.47. The number of alkyl carbamates (subject to hydrolysis) is 1. The summed E-state index contributed by atoms with van der Waals surface area (Å²) in [5.41, 5.74) is 1.04. The van der Waals surface area contributed by atoms with Gasteiger partial charge in [0.05, 0.1) is 0 Å². The number of carboxylic acid groups (broad SMARTS) is 1. The quantitative estimate of drug-likeness (QED) is 0.838. The van der Waals surface area contributed by atoms with E-state index in [1.165, 1.54) is 0 Å². The molecule has 0 saturated heterocycles. The van der Waals surface area contributed by atoms with E-state index in [1.807, 2.05) is 6.07 Å². The van der Waals surface area contributed by atoms with Crippen LogP contribution in [-0.4, -0.2) is 22.8 Å². The van der Waals surface area contributed by atoms with Crippen molar-refractivity contribution in [2.75, 3.05) is 0 Å². The summed E-state index contributed by atoms with van der Waals surface area (Å²) in [5.74, 6) is 4.38. The van der Waals surface area contributed by atoms with Gasteiger partial charge in [-0.25, -0.2) is 4.79 Å². The zero-order valence-electron chi connectivity index (χ0n) is 12.4. The van der Waals surface area contributed by atoms with Gasteiger partial charge in [-0.2, -0.15) is 0 Å². The predicted molar refractivity (Wildman–Crippen MR) is 78.6 cm³/mol. The third kappa shape index (κ3) is 7.63. The Balaban J connectivity index is 2.58. The molecule has 0 spiro atoms. The van der Waals surface area contributed by atoms with E-state index in [-0.39, 0.29) is 6.42 Å². The van der Waals surface area contributed by atoms with Crippen molar-refractivity contribution in [3.63, 3.8) is 0 Å². The van der Waals surface area contributed by atoms with Gasteiger partial charge < -0.3 is 15.2 Å². The predicted octanol–water partition coefficient (Wildman–Crippen LogP) is 2.54. The van der Waals surface area contributed by atoms with Crippen molar-refractivity contribution in [2.45, 2.75) is 39.3 Å². The summed E-state index contributed by atoms with van der Waals surface area (Å²) in [6.45, 7) is 5.71. The third-order valence-electron chi connectivity index (χ3n) is 2.24. The number of nitrogens with one attached hydrogen (secondary N) is 1. The highest BCUT2D eigenvalue weighted by atomic mass is 16.6. The zero-order chi connectivity index (χ0) is 15.9. The Morgan fingerprint density at radius 1 is 1.33 bits per heavy atom. The number of hydrogen-bond donors (Lipinski definition) is 2. The van der Waals surface area contributed by atoms with Gasteiger partial charge >= 0.3 is 12.1 Å². The highest BCUT2D eigenvalue weighted by Crippen LogP contribution is 2.08. The lowest BCUT2D eigenvalue weighted by atomic mass is 10.1. The van der Waals surface area contributed by atoms with Gasteiger partial charge in [0.2, 0.25) is 0 Å². The number of carbonyl (C=O) groups is 2. The first-order chi connectivity index (χ1) is 9.76. The first-order valence-electron chi connectivity index (χ1n) is 6.53. The Hall–Kier alpha value is -2.48. The molecule has 0 atom stereocenters. The fraction of sp³-hybridized carbons (Fsp3) is 0.375. The standard InChI is InChI=1S/C16H19NO4/c1-16(2,3)21-15(20)17-11-13-8-4-6-12(10-13)7-5-9-14(18)19/h4,6,8,10H,9,11H2,1-3H3,(H,17,20)(H,18,19).